The number of aromatic nitrogens is 1. The summed E-state index contributed by atoms with van der Waals surface area (Å²) in [5.74, 6) is -1.41. The Labute approximate surface area is 135 Å². The highest BCUT2D eigenvalue weighted by Crippen LogP contribution is 2.28. The molecule has 2 amide bonds. The fourth-order valence-corrected chi connectivity index (χ4v) is 3.02. The zero-order chi connectivity index (χ0) is 16.2. The number of urea groups is 1. The predicted molar refractivity (Wildman–Crippen MR) is 86.7 cm³/mol. The molecule has 0 aliphatic heterocycles. The van der Waals surface area contributed by atoms with Crippen molar-refractivity contribution in [2.75, 3.05) is 11.9 Å². The van der Waals surface area contributed by atoms with E-state index in [2.05, 4.69) is 15.6 Å². The summed E-state index contributed by atoms with van der Waals surface area (Å²) in [6.45, 7) is 0.462. The number of rotatable bonds is 4. The summed E-state index contributed by atoms with van der Waals surface area (Å²) >= 11 is 1.02. The molecule has 1 aromatic heterocycles. The molecule has 4 nitrogen and oxygen atoms in total. The van der Waals surface area contributed by atoms with Crippen LogP contribution in [0.3, 0.4) is 0 Å². The van der Waals surface area contributed by atoms with E-state index in [4.69, 9.17) is 0 Å². The molecule has 1 heterocycles. The summed E-state index contributed by atoms with van der Waals surface area (Å²) in [7, 11) is 0. The summed E-state index contributed by atoms with van der Waals surface area (Å²) in [5.41, 5.74) is 1.17. The fraction of sp³-hybridized carbons (Fsp3) is 0.125. The van der Waals surface area contributed by atoms with Crippen LogP contribution < -0.4 is 10.6 Å². The molecule has 3 rings (SSSR count). The Bertz CT molecular complexity index is 836. The maximum atomic E-state index is 13.6. The molecule has 0 bridgehead atoms. The molecule has 0 saturated heterocycles. The van der Waals surface area contributed by atoms with Crippen LogP contribution in [0.2, 0.25) is 0 Å². The number of thiazole rings is 1. The van der Waals surface area contributed by atoms with Crippen molar-refractivity contribution in [1.29, 1.82) is 0 Å². The van der Waals surface area contributed by atoms with E-state index in [-0.39, 0.29) is 10.6 Å². The Morgan fingerprint density at radius 2 is 1.96 bits per heavy atom. The molecule has 2 N–H and O–H groups in total. The third kappa shape index (κ3) is 3.81. The molecule has 0 saturated carbocycles. The number of carbonyl (C=O) groups is 1. The highest BCUT2D eigenvalue weighted by Gasteiger charge is 2.12. The number of hydrogen-bond donors (Lipinski definition) is 2. The van der Waals surface area contributed by atoms with Crippen molar-refractivity contribution in [2.45, 2.75) is 6.42 Å². The number of fused-ring (bicyclic) bond motifs is 1. The maximum absolute atomic E-state index is 13.6. The normalized spacial score (nSPS) is 10.7. The molecule has 23 heavy (non-hydrogen) atoms. The summed E-state index contributed by atoms with van der Waals surface area (Å²) in [5, 5.41) is 5.46. The van der Waals surface area contributed by atoms with Crippen molar-refractivity contribution in [3.63, 3.8) is 0 Å². The van der Waals surface area contributed by atoms with Crippen LogP contribution in [0.15, 0.2) is 42.5 Å². The molecule has 0 fully saturated rings. The number of anilines is 1. The Kier molecular flexibility index (Phi) is 4.47. The predicted octanol–water partition coefficient (Wildman–Crippen LogP) is 3.94. The average molecular weight is 333 g/mol. The van der Waals surface area contributed by atoms with Gasteiger partial charge in [0, 0.05) is 12.6 Å². The van der Waals surface area contributed by atoms with Crippen molar-refractivity contribution in [3.8, 4) is 0 Å². The van der Waals surface area contributed by atoms with E-state index in [1.807, 2.05) is 30.3 Å². The van der Waals surface area contributed by atoms with Crippen LogP contribution in [0.25, 0.3) is 10.2 Å². The lowest BCUT2D eigenvalue weighted by atomic mass is 10.1. The van der Waals surface area contributed by atoms with Gasteiger partial charge in [0.2, 0.25) is 0 Å². The third-order valence-corrected chi connectivity index (χ3v) is 4.09. The molecule has 2 aromatic carbocycles. The second-order valence-electron chi connectivity index (χ2n) is 4.87. The van der Waals surface area contributed by atoms with Crippen LogP contribution >= 0.6 is 11.3 Å². The second-order valence-corrected chi connectivity index (χ2v) is 5.90. The van der Waals surface area contributed by atoms with Gasteiger partial charge in [0.1, 0.15) is 11.3 Å². The first-order valence-corrected chi connectivity index (χ1v) is 7.78. The Balaban J connectivity index is 1.58. The monoisotopic (exact) mass is 333 g/mol. The van der Waals surface area contributed by atoms with E-state index in [1.54, 1.807) is 0 Å². The van der Waals surface area contributed by atoms with Gasteiger partial charge < -0.3 is 5.32 Å². The van der Waals surface area contributed by atoms with Gasteiger partial charge in [-0.2, -0.15) is 0 Å². The number of amides is 2. The SMILES string of the molecule is O=C(NCCc1ccccc1)Nc1nc2c(F)cc(F)cc2s1. The quantitative estimate of drug-likeness (QED) is 0.760. The Hall–Kier alpha value is -2.54. The molecule has 0 aliphatic carbocycles. The van der Waals surface area contributed by atoms with Gasteiger partial charge in [-0.3, -0.25) is 5.32 Å². The van der Waals surface area contributed by atoms with E-state index >= 15 is 0 Å². The van der Waals surface area contributed by atoms with Gasteiger partial charge >= 0.3 is 6.03 Å². The molecular formula is C16H13F2N3OS. The van der Waals surface area contributed by atoms with Gasteiger partial charge in [-0.15, -0.1) is 0 Å². The van der Waals surface area contributed by atoms with E-state index in [0.29, 0.717) is 17.7 Å². The van der Waals surface area contributed by atoms with Crippen molar-refractivity contribution < 1.29 is 13.6 Å². The van der Waals surface area contributed by atoms with Crippen molar-refractivity contribution in [3.05, 3.63) is 59.7 Å². The number of halogens is 2. The van der Waals surface area contributed by atoms with Crippen molar-refractivity contribution in [1.82, 2.24) is 10.3 Å². The summed E-state index contributed by atoms with van der Waals surface area (Å²) < 4.78 is 27.0. The van der Waals surface area contributed by atoms with Gasteiger partial charge in [0.05, 0.1) is 4.70 Å². The minimum absolute atomic E-state index is 0.0518. The molecule has 0 atom stereocenters. The minimum atomic E-state index is -0.742. The number of nitrogens with one attached hydrogen (secondary N) is 2. The van der Waals surface area contributed by atoms with Gasteiger partial charge in [0.15, 0.2) is 10.9 Å². The van der Waals surface area contributed by atoms with Crippen LogP contribution in [0.1, 0.15) is 5.56 Å². The topological polar surface area (TPSA) is 54.0 Å². The highest BCUT2D eigenvalue weighted by molar-refractivity contribution is 7.22. The molecule has 0 radical (unpaired) electrons. The number of nitrogens with zero attached hydrogens (tertiary/aromatic N) is 1. The Morgan fingerprint density at radius 1 is 1.17 bits per heavy atom. The number of benzene rings is 2. The maximum Gasteiger partial charge on any atom is 0.321 e. The zero-order valence-corrected chi connectivity index (χ0v) is 12.8. The number of carbonyl (C=O) groups excluding carboxylic acids is 1. The van der Waals surface area contributed by atoms with E-state index in [1.165, 1.54) is 6.07 Å². The number of hydrogen-bond acceptors (Lipinski definition) is 3. The summed E-state index contributed by atoms with van der Waals surface area (Å²) in [6.07, 6.45) is 0.702. The average Bonchev–Trinajstić information content (AvgIpc) is 2.91. The molecule has 118 valence electrons. The lowest BCUT2D eigenvalue weighted by molar-refractivity contribution is 0.252. The van der Waals surface area contributed by atoms with Crippen molar-refractivity contribution in [2.24, 2.45) is 0 Å². The van der Waals surface area contributed by atoms with Gasteiger partial charge in [-0.25, -0.2) is 18.6 Å². The standard InChI is InChI=1S/C16H13F2N3OS/c17-11-8-12(18)14-13(9-11)23-16(20-14)21-15(22)19-7-6-10-4-2-1-3-5-10/h1-5,8-9H,6-7H2,(H2,19,20,21,22). The van der Waals surface area contributed by atoms with E-state index in [9.17, 15) is 13.6 Å². The first-order chi connectivity index (χ1) is 11.1. The lowest BCUT2D eigenvalue weighted by Crippen LogP contribution is -2.30. The van der Waals surface area contributed by atoms with Gasteiger partial charge in [-0.05, 0) is 18.1 Å². The summed E-state index contributed by atoms with van der Waals surface area (Å²) in [4.78, 5) is 15.8. The Morgan fingerprint density at radius 3 is 2.74 bits per heavy atom. The van der Waals surface area contributed by atoms with Gasteiger partial charge in [-0.1, -0.05) is 41.7 Å². The third-order valence-electron chi connectivity index (χ3n) is 3.18. The first-order valence-electron chi connectivity index (χ1n) is 6.96. The molecular weight excluding hydrogens is 320 g/mol. The minimum Gasteiger partial charge on any atom is -0.337 e. The lowest BCUT2D eigenvalue weighted by Gasteiger charge is -2.05. The van der Waals surface area contributed by atoms with Crippen LogP contribution in [-0.2, 0) is 6.42 Å². The highest BCUT2D eigenvalue weighted by atomic mass is 32.1. The summed E-state index contributed by atoms with van der Waals surface area (Å²) in [6, 6.07) is 11.3. The van der Waals surface area contributed by atoms with Crippen LogP contribution in [0, 0.1) is 11.6 Å². The second kappa shape index (κ2) is 6.70. The van der Waals surface area contributed by atoms with Crippen molar-refractivity contribution >= 4 is 32.7 Å². The smallest absolute Gasteiger partial charge is 0.321 e. The van der Waals surface area contributed by atoms with Crippen LogP contribution in [0.4, 0.5) is 18.7 Å². The van der Waals surface area contributed by atoms with E-state index in [0.717, 1.165) is 23.0 Å². The molecule has 0 spiro atoms. The molecule has 7 heteroatoms. The molecule has 3 aromatic rings. The largest absolute Gasteiger partial charge is 0.337 e. The molecule has 0 aliphatic rings. The first kappa shape index (κ1) is 15.4. The van der Waals surface area contributed by atoms with E-state index < -0.39 is 17.7 Å². The molecule has 0 unspecified atom stereocenters. The van der Waals surface area contributed by atoms with Crippen LogP contribution in [0.5, 0.6) is 0 Å². The van der Waals surface area contributed by atoms with Gasteiger partial charge in [0.25, 0.3) is 0 Å². The fourth-order valence-electron chi connectivity index (χ4n) is 2.12. The van der Waals surface area contributed by atoms with Crippen LogP contribution in [-0.4, -0.2) is 17.6 Å². The zero-order valence-electron chi connectivity index (χ0n) is 12.0.